The second-order valence-electron chi connectivity index (χ2n) is 27.4. The lowest BCUT2D eigenvalue weighted by atomic mass is 9.75. The zero-order valence-corrected chi connectivity index (χ0v) is 57.2. The van der Waals surface area contributed by atoms with Gasteiger partial charge < -0.3 is 0 Å². The van der Waals surface area contributed by atoms with Crippen LogP contribution < -0.4 is 0 Å². The molecule has 6 nitrogen and oxygen atoms in total. The quantitative estimate of drug-likeness (QED) is 0.0282. The fourth-order valence-electron chi connectivity index (χ4n) is 15.4. The number of benzene rings is 9. The topological polar surface area (TPSA) is 74.8 Å². The molecule has 0 fully saturated rings. The molecule has 9 aromatic carbocycles. The number of fused-ring (bicyclic) bond motifs is 11. The van der Waals surface area contributed by atoms with E-state index >= 15 is 14.4 Å². The zero-order valence-electron chi connectivity index (χ0n) is 54.0. The van der Waals surface area contributed by atoms with Gasteiger partial charge in [-0.25, -0.2) is 0 Å². The van der Waals surface area contributed by atoms with Crippen LogP contribution in [0.5, 0.6) is 0 Å². The summed E-state index contributed by atoms with van der Waals surface area (Å²) in [5, 5.41) is 16.7. The van der Waals surface area contributed by atoms with Crippen molar-refractivity contribution < 1.29 is 19.2 Å². The van der Waals surface area contributed by atoms with Crippen LogP contribution in [-0.4, -0.2) is 46.5 Å². The van der Waals surface area contributed by atoms with Gasteiger partial charge in [0.15, 0.2) is 0 Å². The number of hydrogen-bond donors (Lipinski definition) is 0. The van der Waals surface area contributed by atoms with E-state index in [1.54, 1.807) is 34.0 Å². The largest absolute Gasteiger partial charge is 0.274 e. The monoisotopic (exact) mass is 1270 g/mol. The van der Waals surface area contributed by atoms with Crippen LogP contribution in [0.4, 0.5) is 0 Å². The third kappa shape index (κ3) is 9.07. The zero-order chi connectivity index (χ0) is 63.3. The Kier molecular flexibility index (Phi) is 14.6. The minimum absolute atomic E-state index is 0.0216. The number of thiophene rings is 4. The van der Waals surface area contributed by atoms with Gasteiger partial charge in [-0.05, 0) is 174 Å². The predicted molar refractivity (Wildman–Crippen MR) is 391 cm³/mol. The lowest BCUT2D eigenvalue weighted by molar-refractivity contribution is 0.0577. The van der Waals surface area contributed by atoms with Crippen molar-refractivity contribution >= 4 is 165 Å². The van der Waals surface area contributed by atoms with E-state index in [4.69, 9.17) is 0 Å². The van der Waals surface area contributed by atoms with E-state index in [9.17, 15) is 4.79 Å². The van der Waals surface area contributed by atoms with Gasteiger partial charge in [0.1, 0.15) is 0 Å². The minimum atomic E-state index is -0.289. The molecule has 6 heterocycles. The number of carbonyl (C=O) groups excluding carboxylic acids is 4. The first-order valence-electron chi connectivity index (χ1n) is 33.0. The summed E-state index contributed by atoms with van der Waals surface area (Å²) in [4.78, 5) is 70.3. The summed E-state index contributed by atoms with van der Waals surface area (Å²) in [6.45, 7) is 25.0. The predicted octanol–water partition coefficient (Wildman–Crippen LogP) is 23.8. The van der Waals surface area contributed by atoms with Crippen LogP contribution in [0.25, 0.3) is 126 Å². The normalized spacial score (nSPS) is 15.7. The Balaban J connectivity index is 0.903. The van der Waals surface area contributed by atoms with Crippen molar-refractivity contribution in [2.75, 3.05) is 13.1 Å². The molecule has 91 heavy (non-hydrogen) atoms. The molecule has 4 amide bonds. The van der Waals surface area contributed by atoms with Gasteiger partial charge in [-0.2, -0.15) is 0 Å². The third-order valence-electron chi connectivity index (χ3n) is 20.9. The number of nitrogens with zero attached hydrogens (tertiary/aromatic N) is 2. The van der Waals surface area contributed by atoms with Gasteiger partial charge in [-0.1, -0.05) is 163 Å². The number of unbranched alkanes of at least 4 members (excludes halogenated alkanes) is 2. The molecule has 15 rings (SSSR count). The SMILES string of the molecule is CC/C=C\C(C)(c1cc2c(ccc3c2ccc2c4ccc5sc(-c6ccc(-c7cc8c9ccc%10c%11c(cc(-c%12ccc(C(C)(CC)CCCCC)s%12)c(c%12ccc%13c(c7C(=O)N(CC(C)C)C%13=O)c8%12)c%119)C(=O)N(CC(C)C)C%10=O)s6)cc5c4ccc32)s1)C(C)CC. The van der Waals surface area contributed by atoms with E-state index in [1.807, 2.05) is 51.2 Å². The first-order chi connectivity index (χ1) is 43.9. The maximum Gasteiger partial charge on any atom is 0.262 e. The maximum atomic E-state index is 15.6. The summed E-state index contributed by atoms with van der Waals surface area (Å²) in [7, 11) is 0. The average molecular weight is 1270 g/mol. The van der Waals surface area contributed by atoms with Crippen LogP contribution in [0.2, 0.25) is 0 Å². The fourth-order valence-corrected chi connectivity index (χ4v) is 20.2. The van der Waals surface area contributed by atoms with E-state index in [0.717, 1.165) is 101 Å². The Labute approximate surface area is 548 Å². The van der Waals surface area contributed by atoms with E-state index in [1.165, 1.54) is 78.5 Å². The summed E-state index contributed by atoms with van der Waals surface area (Å²) in [6.07, 6.45) is 12.5. The second kappa shape index (κ2) is 22.3. The van der Waals surface area contributed by atoms with Gasteiger partial charge in [0.2, 0.25) is 0 Å². The summed E-state index contributed by atoms with van der Waals surface area (Å²) in [5.74, 6) is -0.506. The van der Waals surface area contributed by atoms with Crippen LogP contribution in [0.15, 0.2) is 133 Å². The van der Waals surface area contributed by atoms with Crippen LogP contribution in [0.1, 0.15) is 172 Å². The van der Waals surface area contributed by atoms with Crippen molar-refractivity contribution in [3.05, 3.63) is 165 Å². The Morgan fingerprint density at radius 3 is 1.63 bits per heavy atom. The highest BCUT2D eigenvalue weighted by molar-refractivity contribution is 7.27. The molecule has 0 saturated heterocycles. The van der Waals surface area contributed by atoms with Crippen molar-refractivity contribution in [3.63, 3.8) is 0 Å². The Bertz CT molecular complexity index is 5280. The molecule has 13 aromatic rings. The van der Waals surface area contributed by atoms with Gasteiger partial charge in [0.05, 0.1) is 5.56 Å². The molecule has 0 bridgehead atoms. The fraction of sp³-hybridized carbons (Fsp3) is 0.309. The van der Waals surface area contributed by atoms with Gasteiger partial charge in [0, 0.05) is 112 Å². The standard InChI is InChI=1S/C81H76N2O4S4/c1-12-16-18-35-80(10,15-4)68-34-33-65(90-68)59-38-61-72-54(76(84)82(78(61)86)41-43(5)6)25-23-52-58-37-60(75-74-55(77(85)83(79(75)87)42-44(7)8)26-24-53(70(58)74)71(59)73(52)72)64-31-32-66(88-64)67-39-56-50-21-19-47-46(48(50)27-29-62(56)89-67)20-22-51-49(47)28-30-63-57(51)40-69(91-63)81(11,36-17-13-2)45(9)14-3/h17,19-34,36-40,43-45H,12-16,18,35,41-42H2,1-11H3/b36-17-. The number of allylic oxidation sites excluding steroid dienone is 2. The van der Waals surface area contributed by atoms with Gasteiger partial charge in [0.25, 0.3) is 23.6 Å². The molecule has 0 spiro atoms. The van der Waals surface area contributed by atoms with E-state index < -0.39 is 0 Å². The smallest absolute Gasteiger partial charge is 0.262 e. The Morgan fingerprint density at radius 2 is 0.989 bits per heavy atom. The van der Waals surface area contributed by atoms with Gasteiger partial charge >= 0.3 is 0 Å². The molecule has 458 valence electrons. The Morgan fingerprint density at radius 1 is 0.429 bits per heavy atom. The highest BCUT2D eigenvalue weighted by Gasteiger charge is 2.41. The number of imide groups is 2. The molecule has 3 unspecified atom stereocenters. The van der Waals surface area contributed by atoms with Gasteiger partial charge in [-0.3, -0.25) is 29.0 Å². The van der Waals surface area contributed by atoms with Crippen molar-refractivity contribution in [2.24, 2.45) is 17.8 Å². The molecule has 0 radical (unpaired) electrons. The number of rotatable bonds is 18. The summed E-state index contributed by atoms with van der Waals surface area (Å²) in [5.41, 5.74) is 3.73. The first-order valence-corrected chi connectivity index (χ1v) is 36.3. The first kappa shape index (κ1) is 59.7. The lowest BCUT2D eigenvalue weighted by Gasteiger charge is -2.32. The van der Waals surface area contributed by atoms with Crippen molar-refractivity contribution in [1.29, 1.82) is 0 Å². The maximum absolute atomic E-state index is 15.6. The highest BCUT2D eigenvalue weighted by Crippen LogP contribution is 2.55. The molecule has 2 aliphatic heterocycles. The molecule has 2 aliphatic rings. The average Bonchev–Trinajstić information content (AvgIpc) is 0.827. The molecule has 4 aromatic heterocycles. The van der Waals surface area contributed by atoms with Crippen LogP contribution in [0, 0.1) is 17.8 Å². The molecular weight excluding hydrogens is 1190 g/mol. The van der Waals surface area contributed by atoms with Crippen molar-refractivity contribution in [3.8, 4) is 30.6 Å². The van der Waals surface area contributed by atoms with Crippen molar-refractivity contribution in [2.45, 2.75) is 132 Å². The molecule has 3 atom stereocenters. The summed E-state index contributed by atoms with van der Waals surface area (Å²) < 4.78 is 2.54. The van der Waals surface area contributed by atoms with E-state index in [-0.39, 0.29) is 52.8 Å². The minimum Gasteiger partial charge on any atom is -0.274 e. The summed E-state index contributed by atoms with van der Waals surface area (Å²) >= 11 is 7.20. The van der Waals surface area contributed by atoms with E-state index in [2.05, 4.69) is 170 Å². The highest BCUT2D eigenvalue weighted by atomic mass is 32.1. The van der Waals surface area contributed by atoms with Gasteiger partial charge in [-0.15, -0.1) is 45.3 Å². The molecule has 0 N–H and O–H groups in total. The number of hydrogen-bond acceptors (Lipinski definition) is 8. The number of carbonyl (C=O) groups is 4. The third-order valence-corrected chi connectivity index (χ3v) is 26.0. The van der Waals surface area contributed by atoms with Crippen LogP contribution in [-0.2, 0) is 10.8 Å². The van der Waals surface area contributed by atoms with E-state index in [0.29, 0.717) is 45.5 Å². The molecule has 0 aliphatic carbocycles. The molecule has 10 heteroatoms. The van der Waals surface area contributed by atoms with Crippen molar-refractivity contribution in [1.82, 2.24) is 9.80 Å². The van der Waals surface area contributed by atoms with Crippen LogP contribution >= 0.6 is 45.3 Å². The number of amides is 4. The Hall–Kier alpha value is -7.60. The molecule has 0 saturated carbocycles. The van der Waals surface area contributed by atoms with Crippen LogP contribution in [0.3, 0.4) is 0 Å². The second-order valence-corrected chi connectivity index (χ2v) is 31.8. The molecular formula is C81H76N2O4S4. The lowest BCUT2D eigenvalue weighted by Crippen LogP contribution is -2.42. The summed E-state index contributed by atoms with van der Waals surface area (Å²) in [6, 6.07) is 44.5.